The normalized spacial score (nSPS) is 10.4. The van der Waals surface area contributed by atoms with Crippen LogP contribution in [0.3, 0.4) is 0 Å². The van der Waals surface area contributed by atoms with Gasteiger partial charge in [-0.2, -0.15) is 0 Å². The van der Waals surface area contributed by atoms with E-state index in [-0.39, 0.29) is 5.78 Å². The molecule has 88 valence electrons. The van der Waals surface area contributed by atoms with Crippen molar-refractivity contribution in [3.05, 3.63) is 28.8 Å². The maximum Gasteiger partial charge on any atom is 0.161 e. The standard InChI is InChI=1S/C13H17ClOS/c1-3-4-5-8-16-11-6-7-12(10(2)15)13(14)9-11/h6-7,9H,3-5,8H2,1-2H3. The fraction of sp³-hybridized carbons (Fsp3) is 0.462. The highest BCUT2D eigenvalue weighted by Crippen LogP contribution is 2.26. The molecule has 0 unspecified atom stereocenters. The summed E-state index contributed by atoms with van der Waals surface area (Å²) in [7, 11) is 0. The zero-order valence-electron chi connectivity index (χ0n) is 9.75. The Morgan fingerprint density at radius 2 is 2.12 bits per heavy atom. The molecule has 0 saturated carbocycles. The SMILES string of the molecule is CCCCCSc1ccc(C(C)=O)c(Cl)c1. The van der Waals surface area contributed by atoms with Crippen molar-refractivity contribution >= 4 is 29.1 Å². The molecule has 0 atom stereocenters. The topological polar surface area (TPSA) is 17.1 Å². The summed E-state index contributed by atoms with van der Waals surface area (Å²) in [5.74, 6) is 1.14. The lowest BCUT2D eigenvalue weighted by atomic mass is 10.1. The van der Waals surface area contributed by atoms with E-state index in [0.29, 0.717) is 10.6 Å². The number of Topliss-reactive ketones (excluding diaryl/α,β-unsaturated/α-hetero) is 1. The van der Waals surface area contributed by atoms with Crippen LogP contribution in [0.4, 0.5) is 0 Å². The molecule has 16 heavy (non-hydrogen) atoms. The maximum atomic E-state index is 11.2. The molecule has 0 saturated heterocycles. The van der Waals surface area contributed by atoms with Crippen molar-refractivity contribution in [1.82, 2.24) is 0 Å². The lowest BCUT2D eigenvalue weighted by molar-refractivity contribution is 0.101. The molecule has 0 N–H and O–H groups in total. The van der Waals surface area contributed by atoms with E-state index < -0.39 is 0 Å². The summed E-state index contributed by atoms with van der Waals surface area (Å²) in [6.07, 6.45) is 3.74. The molecule has 0 amide bonds. The van der Waals surface area contributed by atoms with Crippen molar-refractivity contribution in [2.24, 2.45) is 0 Å². The van der Waals surface area contributed by atoms with Crippen molar-refractivity contribution < 1.29 is 4.79 Å². The van der Waals surface area contributed by atoms with E-state index in [1.165, 1.54) is 26.2 Å². The van der Waals surface area contributed by atoms with Gasteiger partial charge in [-0.1, -0.05) is 31.4 Å². The van der Waals surface area contributed by atoms with Crippen LogP contribution in [0.5, 0.6) is 0 Å². The molecular weight excluding hydrogens is 240 g/mol. The van der Waals surface area contributed by atoms with Gasteiger partial charge < -0.3 is 0 Å². The van der Waals surface area contributed by atoms with Gasteiger partial charge in [0.25, 0.3) is 0 Å². The summed E-state index contributed by atoms with van der Waals surface area (Å²) in [6, 6.07) is 5.67. The van der Waals surface area contributed by atoms with Crippen molar-refractivity contribution in [3.8, 4) is 0 Å². The first kappa shape index (κ1) is 13.6. The highest BCUT2D eigenvalue weighted by atomic mass is 35.5. The molecule has 0 spiro atoms. The Morgan fingerprint density at radius 1 is 1.38 bits per heavy atom. The average molecular weight is 257 g/mol. The van der Waals surface area contributed by atoms with Crippen molar-refractivity contribution in [3.63, 3.8) is 0 Å². The van der Waals surface area contributed by atoms with Crippen LogP contribution in [-0.4, -0.2) is 11.5 Å². The van der Waals surface area contributed by atoms with Gasteiger partial charge in [-0.15, -0.1) is 11.8 Å². The van der Waals surface area contributed by atoms with Gasteiger partial charge in [0.2, 0.25) is 0 Å². The summed E-state index contributed by atoms with van der Waals surface area (Å²) < 4.78 is 0. The van der Waals surface area contributed by atoms with Crippen molar-refractivity contribution in [2.75, 3.05) is 5.75 Å². The number of hydrogen-bond donors (Lipinski definition) is 0. The molecule has 0 bridgehead atoms. The number of carbonyl (C=O) groups is 1. The number of halogens is 1. The van der Waals surface area contributed by atoms with Crippen LogP contribution >= 0.6 is 23.4 Å². The molecule has 0 aliphatic rings. The van der Waals surface area contributed by atoms with E-state index >= 15 is 0 Å². The second kappa shape index (κ2) is 6.97. The quantitative estimate of drug-likeness (QED) is 0.412. The first-order valence-corrected chi connectivity index (χ1v) is 6.94. The molecule has 3 heteroatoms. The summed E-state index contributed by atoms with van der Waals surface area (Å²) >= 11 is 7.83. The van der Waals surface area contributed by atoms with Gasteiger partial charge in [0.15, 0.2) is 5.78 Å². The van der Waals surface area contributed by atoms with Gasteiger partial charge >= 0.3 is 0 Å². The van der Waals surface area contributed by atoms with Crippen molar-refractivity contribution in [1.29, 1.82) is 0 Å². The molecule has 0 fully saturated rings. The third kappa shape index (κ3) is 4.18. The Labute approximate surface area is 107 Å². The van der Waals surface area contributed by atoms with Gasteiger partial charge in [0.05, 0.1) is 5.02 Å². The number of carbonyl (C=O) groups excluding carboxylic acids is 1. The third-order valence-corrected chi connectivity index (χ3v) is 3.73. The van der Waals surface area contributed by atoms with Crippen molar-refractivity contribution in [2.45, 2.75) is 38.0 Å². The molecule has 0 heterocycles. The summed E-state index contributed by atoms with van der Waals surface area (Å²) in [6.45, 7) is 3.73. The number of hydrogen-bond acceptors (Lipinski definition) is 2. The second-order valence-electron chi connectivity index (χ2n) is 3.75. The summed E-state index contributed by atoms with van der Waals surface area (Å²) in [5.41, 5.74) is 0.611. The van der Waals surface area contributed by atoms with E-state index in [2.05, 4.69) is 6.92 Å². The van der Waals surface area contributed by atoms with E-state index in [1.807, 2.05) is 18.2 Å². The fourth-order valence-corrected chi connectivity index (χ4v) is 2.74. The van der Waals surface area contributed by atoms with Crippen LogP contribution < -0.4 is 0 Å². The number of rotatable bonds is 6. The fourth-order valence-electron chi connectivity index (χ4n) is 1.41. The van der Waals surface area contributed by atoms with Crippen LogP contribution in [0.2, 0.25) is 5.02 Å². The first-order valence-electron chi connectivity index (χ1n) is 5.58. The Kier molecular flexibility index (Phi) is 5.93. The molecule has 0 aliphatic carbocycles. The van der Waals surface area contributed by atoms with Gasteiger partial charge in [0.1, 0.15) is 0 Å². The number of thioether (sulfide) groups is 1. The molecule has 0 radical (unpaired) electrons. The lowest BCUT2D eigenvalue weighted by Crippen LogP contribution is -1.93. The highest BCUT2D eigenvalue weighted by Gasteiger charge is 2.06. The molecule has 0 aromatic heterocycles. The minimum Gasteiger partial charge on any atom is -0.294 e. The Hall–Kier alpha value is -0.470. The maximum absolute atomic E-state index is 11.2. The van der Waals surface area contributed by atoms with Gasteiger partial charge in [-0.25, -0.2) is 0 Å². The molecule has 1 aromatic rings. The zero-order chi connectivity index (χ0) is 12.0. The minimum atomic E-state index is 0.0209. The summed E-state index contributed by atoms with van der Waals surface area (Å²) in [5, 5.41) is 0.563. The molecule has 0 aliphatic heterocycles. The number of unbranched alkanes of at least 4 members (excludes halogenated alkanes) is 2. The minimum absolute atomic E-state index is 0.0209. The monoisotopic (exact) mass is 256 g/mol. The van der Waals surface area contributed by atoms with Gasteiger partial charge in [0, 0.05) is 10.5 Å². The smallest absolute Gasteiger partial charge is 0.161 e. The Morgan fingerprint density at radius 3 is 2.69 bits per heavy atom. The number of ketones is 1. The van der Waals surface area contributed by atoms with Crippen LogP contribution in [0.25, 0.3) is 0 Å². The van der Waals surface area contributed by atoms with Gasteiger partial charge in [-0.3, -0.25) is 4.79 Å². The van der Waals surface area contributed by atoms with Crippen LogP contribution in [-0.2, 0) is 0 Å². The summed E-state index contributed by atoms with van der Waals surface area (Å²) in [4.78, 5) is 12.3. The van der Waals surface area contributed by atoms with Gasteiger partial charge in [-0.05, 0) is 37.3 Å². The first-order chi connectivity index (χ1) is 7.65. The molecular formula is C13H17ClOS. The molecule has 1 rings (SSSR count). The van der Waals surface area contributed by atoms with E-state index in [9.17, 15) is 4.79 Å². The Balaban J connectivity index is 2.56. The Bertz CT molecular complexity index is 363. The molecule has 1 nitrogen and oxygen atoms in total. The zero-order valence-corrected chi connectivity index (χ0v) is 11.3. The van der Waals surface area contributed by atoms with E-state index in [1.54, 1.807) is 11.8 Å². The predicted octanol–water partition coefficient (Wildman–Crippen LogP) is 4.82. The van der Waals surface area contributed by atoms with E-state index in [0.717, 1.165) is 10.6 Å². The average Bonchev–Trinajstić information content (AvgIpc) is 2.24. The second-order valence-corrected chi connectivity index (χ2v) is 5.33. The van der Waals surface area contributed by atoms with Crippen LogP contribution in [0.1, 0.15) is 43.5 Å². The van der Waals surface area contributed by atoms with Crippen LogP contribution in [0, 0.1) is 0 Å². The highest BCUT2D eigenvalue weighted by molar-refractivity contribution is 7.99. The van der Waals surface area contributed by atoms with Crippen LogP contribution in [0.15, 0.2) is 23.1 Å². The van der Waals surface area contributed by atoms with E-state index in [4.69, 9.17) is 11.6 Å². The number of benzene rings is 1. The lowest BCUT2D eigenvalue weighted by Gasteiger charge is -2.04. The predicted molar refractivity (Wildman–Crippen MR) is 71.7 cm³/mol. The molecule has 1 aromatic carbocycles. The third-order valence-electron chi connectivity index (χ3n) is 2.34. The largest absolute Gasteiger partial charge is 0.294 e.